The van der Waals surface area contributed by atoms with Crippen LogP contribution in [0.25, 0.3) is 11.3 Å². The first-order chi connectivity index (χ1) is 34.5. The van der Waals surface area contributed by atoms with E-state index in [1.807, 2.05) is 29.7 Å². The summed E-state index contributed by atoms with van der Waals surface area (Å²) in [5.41, 5.74) is 1.43. The van der Waals surface area contributed by atoms with Crippen molar-refractivity contribution in [3.05, 3.63) is 113 Å². The summed E-state index contributed by atoms with van der Waals surface area (Å²) >= 11 is 0. The molecule has 24 heteroatoms. The van der Waals surface area contributed by atoms with Gasteiger partial charge in [0.15, 0.2) is 17.8 Å². The molecule has 72 heavy (non-hydrogen) atoms. The number of halogens is 3. The smallest absolute Gasteiger partial charge is 0.388 e. The Balaban J connectivity index is 0.709. The topological polar surface area (TPSA) is 274 Å². The summed E-state index contributed by atoms with van der Waals surface area (Å²) in [5.74, 6) is 0.250. The first-order valence-electron chi connectivity index (χ1n) is 23.4. The number of ketones is 1. The number of anilines is 3. The molecule has 4 aromatic heterocycles. The molecular formula is C48H53F3N14O7. The first kappa shape index (κ1) is 50.1. The molecule has 378 valence electrons. The number of rotatable bonds is 15. The number of aliphatic hydroxyl groups is 4. The number of pyridine rings is 2. The van der Waals surface area contributed by atoms with E-state index in [1.54, 1.807) is 48.9 Å². The van der Waals surface area contributed by atoms with Crippen LogP contribution >= 0.6 is 0 Å². The van der Waals surface area contributed by atoms with Gasteiger partial charge in [0.05, 0.1) is 41.8 Å². The lowest BCUT2D eigenvalue weighted by atomic mass is 9.97. The number of nitrogens with one attached hydrogen (secondary N) is 3. The Hall–Kier alpha value is -6.82. The second kappa shape index (κ2) is 20.7. The highest BCUT2D eigenvalue weighted by Crippen LogP contribution is 2.40. The largest absolute Gasteiger partial charge is 0.434 e. The average Bonchev–Trinajstić information content (AvgIpc) is 3.80. The van der Waals surface area contributed by atoms with Gasteiger partial charge in [0, 0.05) is 87.1 Å². The Labute approximate surface area is 411 Å². The molecule has 0 radical (unpaired) electrons. The van der Waals surface area contributed by atoms with Gasteiger partial charge in [0.1, 0.15) is 47.9 Å². The number of Topliss-reactive ketones (excluding diaryl/α,β-unsaturated/α-hetero) is 1. The van der Waals surface area contributed by atoms with Crippen molar-refractivity contribution in [3.63, 3.8) is 0 Å². The zero-order valence-corrected chi connectivity index (χ0v) is 39.2. The number of amides is 1. The molecule has 7 N–H and O–H groups in total. The van der Waals surface area contributed by atoms with E-state index in [9.17, 15) is 48.4 Å². The summed E-state index contributed by atoms with van der Waals surface area (Å²) in [5, 5.41) is 61.4. The Kier molecular flexibility index (Phi) is 14.4. The summed E-state index contributed by atoms with van der Waals surface area (Å²) in [6.45, 7) is 6.99. The molecule has 2 unspecified atom stereocenters. The number of benzene rings is 1. The molecule has 0 aliphatic carbocycles. The number of piperazine rings is 1. The maximum Gasteiger partial charge on any atom is 0.434 e. The van der Waals surface area contributed by atoms with Crippen LogP contribution in [0.4, 0.5) is 30.8 Å². The molecule has 0 spiro atoms. The lowest BCUT2D eigenvalue weighted by molar-refractivity contribution is -0.141. The fraction of sp³-hybridized carbons (Fsp3) is 0.438. The van der Waals surface area contributed by atoms with Gasteiger partial charge in [0.25, 0.3) is 5.91 Å². The number of fused-ring (bicyclic) bond motifs is 2. The molecule has 7 atom stereocenters. The SMILES string of the molecule is CC1(C)C(=O)c2ccc(-c3cnc(N4CCN5C(O)N(CCCNC(O)c6ccc(C(=O)NC[C@H]7OC[C@H](Nc8cncc(C(F)(F)F)n8)[C@@H](O)[C@H]7O)cc6)C[C@@H]5C4)nc3)nc2N1Cc1cccnc1C#N. The minimum absolute atomic E-state index is 0.0244. The summed E-state index contributed by atoms with van der Waals surface area (Å²) in [6, 6.07) is 14.6. The molecule has 9 rings (SSSR count). The van der Waals surface area contributed by atoms with Crippen molar-refractivity contribution in [1.29, 1.82) is 5.26 Å². The maximum atomic E-state index is 13.5. The van der Waals surface area contributed by atoms with Gasteiger partial charge in [-0.25, -0.2) is 24.9 Å². The number of aromatic nitrogens is 6. The number of carbonyl (C=O) groups excluding carboxylic acids is 2. The Morgan fingerprint density at radius 1 is 0.986 bits per heavy atom. The predicted octanol–water partition coefficient (Wildman–Crippen LogP) is 1.68. The van der Waals surface area contributed by atoms with Gasteiger partial charge in [-0.1, -0.05) is 18.2 Å². The maximum absolute atomic E-state index is 13.5. The van der Waals surface area contributed by atoms with E-state index < -0.39 is 60.2 Å². The number of ether oxygens (including phenoxy) is 1. The number of carbonyl (C=O) groups is 2. The van der Waals surface area contributed by atoms with Crippen LogP contribution in [0.3, 0.4) is 0 Å². The number of alkyl halides is 3. The lowest BCUT2D eigenvalue weighted by Gasteiger charge is -2.38. The fourth-order valence-corrected chi connectivity index (χ4v) is 9.44. The quantitative estimate of drug-likeness (QED) is 0.0581. The van der Waals surface area contributed by atoms with Crippen molar-refractivity contribution < 1.29 is 47.9 Å². The third kappa shape index (κ3) is 10.4. The molecule has 1 amide bonds. The van der Waals surface area contributed by atoms with E-state index in [-0.39, 0.29) is 42.9 Å². The number of aliphatic hydroxyl groups excluding tert-OH is 4. The van der Waals surface area contributed by atoms with Crippen molar-refractivity contribution >= 4 is 29.3 Å². The summed E-state index contributed by atoms with van der Waals surface area (Å²) < 4.78 is 44.7. The molecule has 0 saturated carbocycles. The van der Waals surface area contributed by atoms with E-state index >= 15 is 0 Å². The van der Waals surface area contributed by atoms with E-state index in [2.05, 4.69) is 46.8 Å². The van der Waals surface area contributed by atoms with Gasteiger partial charge < -0.3 is 45.6 Å². The van der Waals surface area contributed by atoms with Crippen LogP contribution in [0.2, 0.25) is 0 Å². The molecule has 1 aromatic carbocycles. The molecule has 21 nitrogen and oxygen atoms in total. The van der Waals surface area contributed by atoms with Gasteiger partial charge in [0.2, 0.25) is 5.95 Å². The van der Waals surface area contributed by atoms with Crippen molar-refractivity contribution in [2.75, 3.05) is 67.5 Å². The third-order valence-electron chi connectivity index (χ3n) is 13.5. The molecule has 0 bridgehead atoms. The molecule has 8 heterocycles. The zero-order valence-electron chi connectivity index (χ0n) is 39.2. The Morgan fingerprint density at radius 3 is 2.51 bits per heavy atom. The number of nitriles is 1. The van der Waals surface area contributed by atoms with E-state index in [0.717, 1.165) is 6.20 Å². The summed E-state index contributed by atoms with van der Waals surface area (Å²) in [6.07, 6.45) is -3.25. The van der Waals surface area contributed by atoms with Crippen LogP contribution < -0.4 is 25.8 Å². The minimum atomic E-state index is -4.72. The van der Waals surface area contributed by atoms with Crippen LogP contribution in [-0.4, -0.2) is 167 Å². The van der Waals surface area contributed by atoms with Crippen LogP contribution in [-0.2, 0) is 17.5 Å². The van der Waals surface area contributed by atoms with Gasteiger partial charge in [-0.15, -0.1) is 0 Å². The molecule has 4 aliphatic rings. The number of hydrogen-bond acceptors (Lipinski definition) is 20. The van der Waals surface area contributed by atoms with Crippen molar-refractivity contribution in [1.82, 2.24) is 50.3 Å². The average molecular weight is 995 g/mol. The predicted molar refractivity (Wildman–Crippen MR) is 252 cm³/mol. The first-order valence-corrected chi connectivity index (χ1v) is 23.4. The molecular weight excluding hydrogens is 942 g/mol. The standard InChI is InChI=1S/C48H53F3N14O7/c1-47(2)41(68)32-10-11-33(60-42(32)65(47)23-29-5-3-12-54-34(29)17-52)30-18-57-45(58-19-30)62-15-16-64-31(24-62)25-63(46(64)71)14-4-13-55-43(69)27-6-8-28(9-7-27)44(70)56-20-36-40(67)39(66)35(26-72-36)59-38-22-53-21-37(61-38)48(49,50)51/h3,5-12,18-19,21-22,31,35-36,39-40,43,46,55,66-67,69,71H,4,13-16,20,23-26H2,1-2H3,(H,56,70)(H,59,61)/t31-,35-,36+,39+,40-,43?,46?/m0/s1. The van der Waals surface area contributed by atoms with Crippen LogP contribution in [0.1, 0.15) is 69.7 Å². The monoisotopic (exact) mass is 994 g/mol. The minimum Gasteiger partial charge on any atom is -0.388 e. The highest BCUT2D eigenvalue weighted by Gasteiger charge is 2.46. The van der Waals surface area contributed by atoms with E-state index in [0.29, 0.717) is 97.3 Å². The Morgan fingerprint density at radius 2 is 1.76 bits per heavy atom. The molecule has 3 saturated heterocycles. The van der Waals surface area contributed by atoms with Crippen molar-refractivity contribution in [2.45, 2.75) is 81.5 Å². The summed E-state index contributed by atoms with van der Waals surface area (Å²) in [7, 11) is 0. The number of nitrogens with zero attached hydrogens (tertiary/aromatic N) is 11. The Bertz CT molecular complexity index is 2800. The third-order valence-corrected chi connectivity index (χ3v) is 13.5. The normalized spacial score (nSPS) is 23.6. The zero-order chi connectivity index (χ0) is 50.9. The highest BCUT2D eigenvalue weighted by atomic mass is 19.4. The lowest BCUT2D eigenvalue weighted by Crippen LogP contribution is -2.58. The highest BCUT2D eigenvalue weighted by molar-refractivity contribution is 6.12. The summed E-state index contributed by atoms with van der Waals surface area (Å²) in [4.78, 5) is 59.9. The second-order valence-corrected chi connectivity index (χ2v) is 18.5. The van der Waals surface area contributed by atoms with E-state index in [1.165, 1.54) is 12.1 Å². The number of hydrogen-bond donors (Lipinski definition) is 7. The van der Waals surface area contributed by atoms with Gasteiger partial charge >= 0.3 is 6.18 Å². The van der Waals surface area contributed by atoms with Gasteiger partial charge in [-0.2, -0.15) is 18.4 Å². The fourth-order valence-electron chi connectivity index (χ4n) is 9.44. The van der Waals surface area contributed by atoms with Crippen molar-refractivity contribution in [2.24, 2.45) is 0 Å². The van der Waals surface area contributed by atoms with Gasteiger partial charge in [-0.05, 0) is 62.7 Å². The van der Waals surface area contributed by atoms with Crippen LogP contribution in [0.5, 0.6) is 0 Å². The molecule has 3 fully saturated rings. The van der Waals surface area contributed by atoms with Crippen molar-refractivity contribution in [3.8, 4) is 17.3 Å². The van der Waals surface area contributed by atoms with Gasteiger partial charge in [-0.3, -0.25) is 29.7 Å². The van der Waals surface area contributed by atoms with Crippen LogP contribution in [0.15, 0.2) is 79.5 Å². The molecule has 5 aromatic rings. The van der Waals surface area contributed by atoms with Crippen LogP contribution in [0, 0.1) is 11.3 Å². The second-order valence-electron chi connectivity index (χ2n) is 18.5. The van der Waals surface area contributed by atoms with E-state index in [4.69, 9.17) is 19.7 Å². The molecule has 4 aliphatic heterocycles.